The minimum atomic E-state index is -4.36. The highest BCUT2D eigenvalue weighted by atomic mass is 19.4. The summed E-state index contributed by atoms with van der Waals surface area (Å²) < 4.78 is 37.8. The van der Waals surface area contributed by atoms with Gasteiger partial charge in [-0.1, -0.05) is 43.7 Å². The summed E-state index contributed by atoms with van der Waals surface area (Å²) in [5.41, 5.74) is 7.84. The minimum Gasteiger partial charge on any atom is -0.398 e. The van der Waals surface area contributed by atoms with E-state index in [1.54, 1.807) is 0 Å². The summed E-state index contributed by atoms with van der Waals surface area (Å²) in [6, 6.07) is 11.2. The molecule has 1 nitrogen and oxygen atoms in total. The van der Waals surface area contributed by atoms with E-state index in [0.717, 1.165) is 36.1 Å². The predicted octanol–water partition coefficient (Wildman–Crippen LogP) is 4.91. The van der Waals surface area contributed by atoms with E-state index in [4.69, 9.17) is 5.73 Å². The molecule has 0 saturated heterocycles. The van der Waals surface area contributed by atoms with Gasteiger partial charge < -0.3 is 5.73 Å². The van der Waals surface area contributed by atoms with Crippen LogP contribution in [0.2, 0.25) is 0 Å². The molecule has 20 heavy (non-hydrogen) atoms. The highest BCUT2D eigenvalue weighted by Crippen LogP contribution is 2.34. The van der Waals surface area contributed by atoms with Gasteiger partial charge in [0.1, 0.15) is 0 Å². The van der Waals surface area contributed by atoms with E-state index in [-0.39, 0.29) is 5.69 Å². The topological polar surface area (TPSA) is 26.0 Å². The van der Waals surface area contributed by atoms with Crippen LogP contribution in [-0.4, -0.2) is 0 Å². The maximum atomic E-state index is 12.6. The van der Waals surface area contributed by atoms with Crippen molar-refractivity contribution in [3.63, 3.8) is 0 Å². The van der Waals surface area contributed by atoms with E-state index in [1.807, 2.05) is 24.3 Å². The van der Waals surface area contributed by atoms with Crippen molar-refractivity contribution in [1.82, 2.24) is 0 Å². The van der Waals surface area contributed by atoms with Crippen LogP contribution < -0.4 is 5.73 Å². The van der Waals surface area contributed by atoms with Gasteiger partial charge in [0.2, 0.25) is 0 Å². The molecule has 0 heterocycles. The van der Waals surface area contributed by atoms with E-state index in [0.29, 0.717) is 5.56 Å². The van der Waals surface area contributed by atoms with Crippen LogP contribution >= 0.6 is 0 Å². The molecule has 0 saturated carbocycles. The lowest BCUT2D eigenvalue weighted by Crippen LogP contribution is -2.06. The fourth-order valence-corrected chi connectivity index (χ4v) is 2.18. The number of aryl methyl sites for hydroxylation is 1. The Morgan fingerprint density at radius 3 is 2.40 bits per heavy atom. The zero-order valence-corrected chi connectivity index (χ0v) is 11.2. The van der Waals surface area contributed by atoms with Gasteiger partial charge in [0.05, 0.1) is 5.56 Å². The van der Waals surface area contributed by atoms with Crippen LogP contribution in [0.3, 0.4) is 0 Å². The standard InChI is InChI=1S/C16H16F3N/c1-2-4-11-5-3-6-12(9-11)14-8-7-13(10-15(14)20)16(17,18)19/h3,5-10H,2,4,20H2,1H3. The number of alkyl halides is 3. The third-order valence-electron chi connectivity index (χ3n) is 3.16. The molecule has 0 aromatic heterocycles. The second kappa shape index (κ2) is 5.57. The molecule has 2 N–H and O–H groups in total. The Labute approximate surface area is 116 Å². The molecular weight excluding hydrogens is 263 g/mol. The summed E-state index contributed by atoms with van der Waals surface area (Å²) >= 11 is 0. The molecule has 2 aromatic rings. The van der Waals surface area contributed by atoms with Crippen molar-refractivity contribution >= 4 is 5.69 Å². The van der Waals surface area contributed by atoms with Crippen LogP contribution in [0.25, 0.3) is 11.1 Å². The Hall–Kier alpha value is -1.97. The molecule has 2 rings (SSSR count). The Morgan fingerprint density at radius 1 is 1.05 bits per heavy atom. The van der Waals surface area contributed by atoms with Gasteiger partial charge in [0.15, 0.2) is 0 Å². The number of nitrogens with two attached hydrogens (primary N) is 1. The average molecular weight is 279 g/mol. The monoisotopic (exact) mass is 279 g/mol. The number of halogens is 3. The third kappa shape index (κ3) is 3.13. The fraction of sp³-hybridized carbons (Fsp3) is 0.250. The molecule has 0 aliphatic heterocycles. The maximum absolute atomic E-state index is 12.6. The van der Waals surface area contributed by atoms with Crippen molar-refractivity contribution in [2.24, 2.45) is 0 Å². The van der Waals surface area contributed by atoms with Crippen LogP contribution in [0, 0.1) is 0 Å². The van der Waals surface area contributed by atoms with Gasteiger partial charge in [-0.3, -0.25) is 0 Å². The number of anilines is 1. The molecule has 0 atom stereocenters. The molecule has 2 aromatic carbocycles. The third-order valence-corrected chi connectivity index (χ3v) is 3.16. The van der Waals surface area contributed by atoms with E-state index < -0.39 is 11.7 Å². The lowest BCUT2D eigenvalue weighted by atomic mass is 9.98. The number of rotatable bonds is 3. The largest absolute Gasteiger partial charge is 0.416 e. The smallest absolute Gasteiger partial charge is 0.398 e. The lowest BCUT2D eigenvalue weighted by molar-refractivity contribution is -0.137. The van der Waals surface area contributed by atoms with Gasteiger partial charge in [0.25, 0.3) is 0 Å². The summed E-state index contributed by atoms with van der Waals surface area (Å²) in [5, 5.41) is 0. The van der Waals surface area contributed by atoms with Crippen molar-refractivity contribution < 1.29 is 13.2 Å². The summed E-state index contributed by atoms with van der Waals surface area (Å²) in [4.78, 5) is 0. The Balaban J connectivity index is 2.41. The molecule has 4 heteroatoms. The van der Waals surface area contributed by atoms with E-state index in [9.17, 15) is 13.2 Å². The first-order valence-electron chi connectivity index (χ1n) is 6.48. The summed E-state index contributed by atoms with van der Waals surface area (Å²) in [7, 11) is 0. The SMILES string of the molecule is CCCc1cccc(-c2ccc(C(F)(F)F)cc2N)c1. The van der Waals surface area contributed by atoms with Crippen LogP contribution in [0.15, 0.2) is 42.5 Å². The second-order valence-corrected chi connectivity index (χ2v) is 4.75. The summed E-state index contributed by atoms with van der Waals surface area (Å²) in [6.07, 6.45) is -2.41. The number of hydrogen-bond donors (Lipinski definition) is 1. The molecule has 0 radical (unpaired) electrons. The molecule has 0 aliphatic rings. The highest BCUT2D eigenvalue weighted by Gasteiger charge is 2.30. The Bertz CT molecular complexity index is 603. The quantitative estimate of drug-likeness (QED) is 0.794. The van der Waals surface area contributed by atoms with Crippen molar-refractivity contribution in [3.05, 3.63) is 53.6 Å². The number of hydrogen-bond acceptors (Lipinski definition) is 1. The Kier molecular flexibility index (Phi) is 4.02. The summed E-state index contributed by atoms with van der Waals surface area (Å²) in [6.45, 7) is 2.08. The van der Waals surface area contributed by atoms with Gasteiger partial charge in [0, 0.05) is 11.3 Å². The number of nitrogen functional groups attached to an aromatic ring is 1. The van der Waals surface area contributed by atoms with E-state index in [1.165, 1.54) is 6.07 Å². The van der Waals surface area contributed by atoms with Gasteiger partial charge in [-0.25, -0.2) is 0 Å². The average Bonchev–Trinajstić information content (AvgIpc) is 2.38. The van der Waals surface area contributed by atoms with Gasteiger partial charge >= 0.3 is 6.18 Å². The molecule has 0 amide bonds. The molecule has 0 unspecified atom stereocenters. The normalized spacial score (nSPS) is 11.6. The van der Waals surface area contributed by atoms with Crippen LogP contribution in [0.4, 0.5) is 18.9 Å². The first-order valence-corrected chi connectivity index (χ1v) is 6.48. The van der Waals surface area contributed by atoms with E-state index in [2.05, 4.69) is 6.92 Å². The minimum absolute atomic E-state index is 0.147. The molecule has 0 bridgehead atoms. The zero-order valence-electron chi connectivity index (χ0n) is 11.2. The van der Waals surface area contributed by atoms with Gasteiger partial charge in [-0.2, -0.15) is 13.2 Å². The van der Waals surface area contributed by atoms with Crippen LogP contribution in [0.1, 0.15) is 24.5 Å². The van der Waals surface area contributed by atoms with E-state index >= 15 is 0 Å². The Morgan fingerprint density at radius 2 is 1.80 bits per heavy atom. The van der Waals surface area contributed by atoms with Crippen LogP contribution in [-0.2, 0) is 12.6 Å². The van der Waals surface area contributed by atoms with Crippen LogP contribution in [0.5, 0.6) is 0 Å². The predicted molar refractivity (Wildman–Crippen MR) is 75.3 cm³/mol. The fourth-order valence-electron chi connectivity index (χ4n) is 2.18. The highest BCUT2D eigenvalue weighted by molar-refractivity contribution is 5.77. The maximum Gasteiger partial charge on any atom is 0.416 e. The van der Waals surface area contributed by atoms with Crippen molar-refractivity contribution in [1.29, 1.82) is 0 Å². The molecule has 0 spiro atoms. The first-order chi connectivity index (χ1) is 9.41. The van der Waals surface area contributed by atoms with Crippen molar-refractivity contribution in [2.75, 3.05) is 5.73 Å². The van der Waals surface area contributed by atoms with Gasteiger partial charge in [-0.15, -0.1) is 0 Å². The molecule has 106 valence electrons. The molecule has 0 aliphatic carbocycles. The summed E-state index contributed by atoms with van der Waals surface area (Å²) in [5.74, 6) is 0. The number of benzene rings is 2. The molecule has 0 fully saturated rings. The lowest BCUT2D eigenvalue weighted by Gasteiger charge is -2.12. The first kappa shape index (κ1) is 14.4. The molecular formula is C16H16F3N. The second-order valence-electron chi connectivity index (χ2n) is 4.75. The van der Waals surface area contributed by atoms with Gasteiger partial charge in [-0.05, 0) is 29.7 Å². The van der Waals surface area contributed by atoms with Crippen molar-refractivity contribution in [3.8, 4) is 11.1 Å². The zero-order chi connectivity index (χ0) is 14.8. The van der Waals surface area contributed by atoms with Crippen molar-refractivity contribution in [2.45, 2.75) is 25.9 Å².